The summed E-state index contributed by atoms with van der Waals surface area (Å²) in [5.41, 5.74) is 12.5. The summed E-state index contributed by atoms with van der Waals surface area (Å²) in [7, 11) is 4.36. The standard InChI is InChI=1S/C23H22N2O7/c1-28-19-10-14(11-20(29-2)21(19)30-3)23(27)32-18-6-4-17(5-7-18)31-22(26)13-8-15(24)12-16(25)9-13/h4-12H,24-25H2,1-3H3. The zero-order valence-electron chi connectivity index (χ0n) is 17.7. The first kappa shape index (κ1) is 22.3. The fourth-order valence-electron chi connectivity index (χ4n) is 2.90. The first-order valence-electron chi connectivity index (χ1n) is 9.35. The van der Waals surface area contributed by atoms with Crippen LogP contribution < -0.4 is 35.2 Å². The van der Waals surface area contributed by atoms with Crippen LogP contribution in [0.5, 0.6) is 28.7 Å². The van der Waals surface area contributed by atoms with Crippen molar-refractivity contribution in [1.82, 2.24) is 0 Å². The Balaban J connectivity index is 1.71. The number of hydrogen-bond donors (Lipinski definition) is 2. The van der Waals surface area contributed by atoms with Gasteiger partial charge in [-0.2, -0.15) is 0 Å². The first-order valence-corrected chi connectivity index (χ1v) is 9.35. The molecule has 0 aliphatic carbocycles. The molecule has 0 bridgehead atoms. The number of methoxy groups -OCH3 is 3. The number of ether oxygens (including phenoxy) is 5. The van der Waals surface area contributed by atoms with E-state index in [0.29, 0.717) is 28.6 Å². The molecule has 9 heteroatoms. The van der Waals surface area contributed by atoms with Gasteiger partial charge in [0.1, 0.15) is 11.5 Å². The highest BCUT2D eigenvalue weighted by atomic mass is 16.5. The molecule has 0 aliphatic heterocycles. The van der Waals surface area contributed by atoms with Crippen LogP contribution in [-0.4, -0.2) is 33.3 Å². The average Bonchev–Trinajstić information content (AvgIpc) is 2.78. The minimum atomic E-state index is -0.635. The topological polar surface area (TPSA) is 132 Å². The van der Waals surface area contributed by atoms with Gasteiger partial charge in [0, 0.05) is 11.4 Å². The molecule has 0 heterocycles. The molecular formula is C23H22N2O7. The van der Waals surface area contributed by atoms with Crippen molar-refractivity contribution in [2.75, 3.05) is 32.8 Å². The lowest BCUT2D eigenvalue weighted by Crippen LogP contribution is -2.11. The van der Waals surface area contributed by atoms with E-state index in [2.05, 4.69) is 0 Å². The summed E-state index contributed by atoms with van der Waals surface area (Å²) in [5, 5.41) is 0. The van der Waals surface area contributed by atoms with E-state index in [1.54, 1.807) is 0 Å². The predicted molar refractivity (Wildman–Crippen MR) is 118 cm³/mol. The van der Waals surface area contributed by atoms with Crippen LogP contribution in [0.4, 0.5) is 11.4 Å². The van der Waals surface area contributed by atoms with Crippen molar-refractivity contribution in [3.8, 4) is 28.7 Å². The Morgan fingerprint density at radius 3 is 1.41 bits per heavy atom. The summed E-state index contributed by atoms with van der Waals surface area (Å²) in [6.45, 7) is 0. The van der Waals surface area contributed by atoms with E-state index in [0.717, 1.165) is 0 Å². The highest BCUT2D eigenvalue weighted by molar-refractivity contribution is 5.94. The average molecular weight is 438 g/mol. The highest BCUT2D eigenvalue weighted by Crippen LogP contribution is 2.38. The molecule has 0 atom stereocenters. The molecule has 0 spiro atoms. The zero-order chi connectivity index (χ0) is 23.3. The summed E-state index contributed by atoms with van der Waals surface area (Å²) in [6, 6.07) is 13.4. The Labute approximate surface area is 184 Å². The van der Waals surface area contributed by atoms with Crippen molar-refractivity contribution in [2.45, 2.75) is 0 Å². The van der Waals surface area contributed by atoms with Crippen LogP contribution in [0.3, 0.4) is 0 Å². The maximum Gasteiger partial charge on any atom is 0.343 e. The lowest BCUT2D eigenvalue weighted by molar-refractivity contribution is 0.0719. The van der Waals surface area contributed by atoms with Gasteiger partial charge in [-0.15, -0.1) is 0 Å². The maximum atomic E-state index is 12.6. The Kier molecular flexibility index (Phi) is 6.69. The third kappa shape index (κ3) is 5.01. The molecule has 0 saturated carbocycles. The molecule has 9 nitrogen and oxygen atoms in total. The maximum absolute atomic E-state index is 12.6. The van der Waals surface area contributed by atoms with Crippen molar-refractivity contribution in [2.24, 2.45) is 0 Å². The molecule has 4 N–H and O–H groups in total. The van der Waals surface area contributed by atoms with Crippen LogP contribution in [-0.2, 0) is 0 Å². The number of nitrogens with two attached hydrogens (primary N) is 2. The molecule has 0 fully saturated rings. The van der Waals surface area contributed by atoms with Gasteiger partial charge in [0.05, 0.1) is 32.5 Å². The van der Waals surface area contributed by atoms with Crippen molar-refractivity contribution in [3.63, 3.8) is 0 Å². The molecule has 166 valence electrons. The summed E-state index contributed by atoms with van der Waals surface area (Å²) >= 11 is 0. The minimum absolute atomic E-state index is 0.203. The Morgan fingerprint density at radius 1 is 0.625 bits per heavy atom. The van der Waals surface area contributed by atoms with Crippen molar-refractivity contribution < 1.29 is 33.3 Å². The SMILES string of the molecule is COc1cc(C(=O)Oc2ccc(OC(=O)c3cc(N)cc(N)c3)cc2)cc(OC)c1OC. The van der Waals surface area contributed by atoms with Gasteiger partial charge in [-0.25, -0.2) is 9.59 Å². The number of esters is 2. The molecule has 0 unspecified atom stereocenters. The zero-order valence-corrected chi connectivity index (χ0v) is 17.7. The minimum Gasteiger partial charge on any atom is -0.493 e. The van der Waals surface area contributed by atoms with Crippen LogP contribution >= 0.6 is 0 Å². The van der Waals surface area contributed by atoms with Gasteiger partial charge in [-0.05, 0) is 54.6 Å². The summed E-state index contributed by atoms with van der Waals surface area (Å²) in [4.78, 5) is 24.9. The van der Waals surface area contributed by atoms with Gasteiger partial charge in [0.15, 0.2) is 11.5 Å². The van der Waals surface area contributed by atoms with Gasteiger partial charge in [-0.3, -0.25) is 0 Å². The van der Waals surface area contributed by atoms with E-state index in [-0.39, 0.29) is 22.6 Å². The highest BCUT2D eigenvalue weighted by Gasteiger charge is 2.18. The quantitative estimate of drug-likeness (QED) is 0.324. The molecule has 3 aromatic rings. The van der Waals surface area contributed by atoms with Crippen molar-refractivity contribution in [3.05, 3.63) is 65.7 Å². The van der Waals surface area contributed by atoms with Crippen LogP contribution in [0.1, 0.15) is 20.7 Å². The molecule has 0 radical (unpaired) electrons. The number of carbonyl (C=O) groups is 2. The molecular weight excluding hydrogens is 416 g/mol. The number of benzene rings is 3. The molecule has 3 aromatic carbocycles. The summed E-state index contributed by atoms with van der Waals surface area (Å²) in [6.07, 6.45) is 0. The monoisotopic (exact) mass is 438 g/mol. The van der Waals surface area contributed by atoms with E-state index < -0.39 is 11.9 Å². The largest absolute Gasteiger partial charge is 0.493 e. The third-order valence-corrected chi connectivity index (χ3v) is 4.36. The van der Waals surface area contributed by atoms with Gasteiger partial charge in [0.2, 0.25) is 5.75 Å². The molecule has 0 amide bonds. The predicted octanol–water partition coefficient (Wildman–Crippen LogP) is 3.32. The normalized spacial score (nSPS) is 10.2. The van der Waals surface area contributed by atoms with Crippen molar-refractivity contribution in [1.29, 1.82) is 0 Å². The van der Waals surface area contributed by atoms with E-state index in [4.69, 9.17) is 35.2 Å². The fraction of sp³-hybridized carbons (Fsp3) is 0.130. The summed E-state index contributed by atoms with van der Waals surface area (Å²) in [5.74, 6) is 0.252. The van der Waals surface area contributed by atoms with Gasteiger partial charge in [0.25, 0.3) is 0 Å². The molecule has 32 heavy (non-hydrogen) atoms. The Morgan fingerprint density at radius 2 is 1.03 bits per heavy atom. The second-order valence-electron chi connectivity index (χ2n) is 6.55. The molecule has 0 aromatic heterocycles. The smallest absolute Gasteiger partial charge is 0.343 e. The van der Waals surface area contributed by atoms with Crippen LogP contribution in [0.15, 0.2) is 54.6 Å². The fourth-order valence-corrected chi connectivity index (χ4v) is 2.90. The van der Waals surface area contributed by atoms with Gasteiger partial charge in [-0.1, -0.05) is 0 Å². The number of nitrogen functional groups attached to an aromatic ring is 2. The van der Waals surface area contributed by atoms with E-state index in [9.17, 15) is 9.59 Å². The number of anilines is 2. The second-order valence-corrected chi connectivity index (χ2v) is 6.55. The lowest BCUT2D eigenvalue weighted by Gasteiger charge is -2.13. The van der Waals surface area contributed by atoms with Crippen LogP contribution in [0.2, 0.25) is 0 Å². The number of hydrogen-bond acceptors (Lipinski definition) is 9. The van der Waals surface area contributed by atoms with Gasteiger partial charge < -0.3 is 35.2 Å². The van der Waals surface area contributed by atoms with Crippen LogP contribution in [0, 0.1) is 0 Å². The molecule has 0 saturated heterocycles. The second kappa shape index (κ2) is 9.61. The van der Waals surface area contributed by atoms with E-state index in [1.165, 1.54) is 75.9 Å². The Hall–Kier alpha value is -4.40. The van der Waals surface area contributed by atoms with Crippen molar-refractivity contribution >= 4 is 23.3 Å². The third-order valence-electron chi connectivity index (χ3n) is 4.36. The van der Waals surface area contributed by atoms with E-state index >= 15 is 0 Å². The van der Waals surface area contributed by atoms with Gasteiger partial charge >= 0.3 is 11.9 Å². The molecule has 0 aliphatic rings. The van der Waals surface area contributed by atoms with Crippen LogP contribution in [0.25, 0.3) is 0 Å². The lowest BCUT2D eigenvalue weighted by atomic mass is 10.2. The van der Waals surface area contributed by atoms with E-state index in [1.807, 2.05) is 0 Å². The number of rotatable bonds is 7. The molecule has 3 rings (SSSR count). The Bertz CT molecular complexity index is 1100. The number of carbonyl (C=O) groups excluding carboxylic acids is 2. The summed E-state index contributed by atoms with van der Waals surface area (Å²) < 4.78 is 26.4. The first-order chi connectivity index (χ1) is 15.3.